The smallest absolute Gasteiger partial charge is 0.239 e. The molecule has 0 atom stereocenters. The van der Waals surface area contributed by atoms with Gasteiger partial charge in [0.2, 0.25) is 5.91 Å². The third-order valence-corrected chi connectivity index (χ3v) is 2.93. The summed E-state index contributed by atoms with van der Waals surface area (Å²) >= 11 is 0. The Morgan fingerprint density at radius 1 is 1.08 bits per heavy atom. The fourth-order valence-corrected chi connectivity index (χ4v) is 1.99. The van der Waals surface area contributed by atoms with Crippen LogP contribution in [0.1, 0.15) is 40.2 Å². The maximum Gasteiger partial charge on any atom is 0.239 e. The van der Waals surface area contributed by atoms with Crippen molar-refractivity contribution in [1.29, 1.82) is 0 Å². The van der Waals surface area contributed by atoms with Crippen molar-refractivity contribution in [3.05, 3.63) is 29.8 Å². The Bertz CT molecular complexity index is 556. The molecule has 0 aromatic heterocycles. The molecule has 25 heavy (non-hydrogen) atoms. The second-order valence-corrected chi connectivity index (χ2v) is 6.32. The maximum atomic E-state index is 11.6. The number of carbonyl (C=O) groups is 1. The standard InChI is InChI=1S/C18H30N4O2.HI/c1-6-19-16(23)13-22-17(20-7-2)21-12-14-10-8-9-11-15(14)24-18(3,4)5;/h8-11H,6-7,12-13H2,1-5H3,(H,19,23)(H2,20,21,22);1H. The number of hydrogen-bond acceptors (Lipinski definition) is 3. The summed E-state index contributed by atoms with van der Waals surface area (Å²) in [6, 6.07) is 7.87. The quantitative estimate of drug-likeness (QED) is 0.331. The molecule has 0 heterocycles. The van der Waals surface area contributed by atoms with Crippen LogP contribution in [-0.4, -0.2) is 37.1 Å². The molecule has 1 amide bonds. The summed E-state index contributed by atoms with van der Waals surface area (Å²) in [4.78, 5) is 16.1. The summed E-state index contributed by atoms with van der Waals surface area (Å²) in [5, 5.41) is 8.91. The van der Waals surface area contributed by atoms with E-state index >= 15 is 0 Å². The third-order valence-electron chi connectivity index (χ3n) is 2.93. The van der Waals surface area contributed by atoms with Crippen molar-refractivity contribution in [2.75, 3.05) is 19.6 Å². The average Bonchev–Trinajstić information content (AvgIpc) is 2.50. The number of halogens is 1. The van der Waals surface area contributed by atoms with Crippen molar-refractivity contribution in [2.45, 2.75) is 46.8 Å². The first-order valence-corrected chi connectivity index (χ1v) is 8.41. The number of hydrogen-bond donors (Lipinski definition) is 3. The number of likely N-dealkylation sites (N-methyl/N-ethyl adjacent to an activating group) is 1. The highest BCUT2D eigenvalue weighted by Gasteiger charge is 2.14. The van der Waals surface area contributed by atoms with E-state index in [1.54, 1.807) is 0 Å². The highest BCUT2D eigenvalue weighted by atomic mass is 127. The summed E-state index contributed by atoms with van der Waals surface area (Å²) in [6.45, 7) is 11.9. The first kappa shape index (κ1) is 23.5. The van der Waals surface area contributed by atoms with E-state index in [1.165, 1.54) is 0 Å². The fourth-order valence-electron chi connectivity index (χ4n) is 1.99. The van der Waals surface area contributed by atoms with Crippen LogP contribution in [0.25, 0.3) is 0 Å². The lowest BCUT2D eigenvalue weighted by atomic mass is 10.1. The number of ether oxygens (including phenoxy) is 1. The van der Waals surface area contributed by atoms with E-state index in [4.69, 9.17) is 4.74 Å². The lowest BCUT2D eigenvalue weighted by molar-refractivity contribution is -0.119. The summed E-state index contributed by atoms with van der Waals surface area (Å²) in [5.74, 6) is 1.38. The van der Waals surface area contributed by atoms with Crippen LogP contribution in [-0.2, 0) is 11.3 Å². The van der Waals surface area contributed by atoms with Crippen LogP contribution in [0, 0.1) is 0 Å². The van der Waals surface area contributed by atoms with Crippen molar-refractivity contribution < 1.29 is 9.53 Å². The van der Waals surface area contributed by atoms with Gasteiger partial charge in [-0.1, -0.05) is 18.2 Å². The Kier molecular flexibility index (Phi) is 11.2. The molecule has 0 fully saturated rings. The fraction of sp³-hybridized carbons (Fsp3) is 0.556. The average molecular weight is 462 g/mol. The molecule has 0 saturated heterocycles. The molecule has 3 N–H and O–H groups in total. The normalized spacial score (nSPS) is 11.3. The van der Waals surface area contributed by atoms with Gasteiger partial charge in [0.1, 0.15) is 11.4 Å². The zero-order chi connectivity index (χ0) is 18.0. The first-order valence-electron chi connectivity index (χ1n) is 8.41. The third kappa shape index (κ3) is 10.2. The summed E-state index contributed by atoms with van der Waals surface area (Å²) in [6.07, 6.45) is 0. The summed E-state index contributed by atoms with van der Waals surface area (Å²) in [5.41, 5.74) is 0.739. The van der Waals surface area contributed by atoms with Crippen LogP contribution in [0.4, 0.5) is 0 Å². The lowest BCUT2D eigenvalue weighted by Crippen LogP contribution is -2.43. The molecular weight excluding hydrogens is 431 g/mol. The summed E-state index contributed by atoms with van der Waals surface area (Å²) < 4.78 is 5.98. The predicted octanol–water partition coefficient (Wildman–Crippen LogP) is 2.67. The number of carbonyl (C=O) groups excluding carboxylic acids is 1. The Hall–Kier alpha value is -1.51. The van der Waals surface area contributed by atoms with E-state index in [9.17, 15) is 4.79 Å². The Morgan fingerprint density at radius 2 is 1.72 bits per heavy atom. The molecule has 0 aliphatic heterocycles. The van der Waals surface area contributed by atoms with Crippen molar-refractivity contribution in [1.82, 2.24) is 16.0 Å². The van der Waals surface area contributed by atoms with Gasteiger partial charge in [0.05, 0.1) is 13.1 Å². The monoisotopic (exact) mass is 462 g/mol. The number of benzene rings is 1. The molecule has 0 bridgehead atoms. The molecule has 0 unspecified atom stereocenters. The van der Waals surface area contributed by atoms with Crippen LogP contribution < -0.4 is 20.7 Å². The predicted molar refractivity (Wildman–Crippen MR) is 114 cm³/mol. The molecule has 0 aliphatic rings. The minimum Gasteiger partial charge on any atom is -0.488 e. The zero-order valence-electron chi connectivity index (χ0n) is 15.8. The van der Waals surface area contributed by atoms with E-state index in [1.807, 2.05) is 58.9 Å². The van der Waals surface area contributed by atoms with E-state index < -0.39 is 0 Å². The van der Waals surface area contributed by atoms with Crippen molar-refractivity contribution >= 4 is 35.8 Å². The molecule has 1 aromatic rings. The molecule has 142 valence electrons. The van der Waals surface area contributed by atoms with Crippen LogP contribution in [0.3, 0.4) is 0 Å². The molecule has 1 aromatic carbocycles. The van der Waals surface area contributed by atoms with Gasteiger partial charge in [-0.2, -0.15) is 0 Å². The molecule has 6 nitrogen and oxygen atoms in total. The van der Waals surface area contributed by atoms with E-state index in [2.05, 4.69) is 20.9 Å². The number of aliphatic imine (C=N–C) groups is 1. The Labute approximate surface area is 168 Å². The molecule has 0 radical (unpaired) electrons. The van der Waals surface area contributed by atoms with Gasteiger partial charge in [0.15, 0.2) is 5.96 Å². The molecule has 1 rings (SSSR count). The zero-order valence-corrected chi connectivity index (χ0v) is 18.1. The van der Waals surface area contributed by atoms with E-state index in [0.29, 0.717) is 19.0 Å². The van der Waals surface area contributed by atoms with Crippen LogP contribution in [0.2, 0.25) is 0 Å². The largest absolute Gasteiger partial charge is 0.488 e. The number of para-hydroxylation sites is 1. The number of rotatable bonds is 7. The van der Waals surface area contributed by atoms with Crippen LogP contribution >= 0.6 is 24.0 Å². The minimum atomic E-state index is -0.263. The highest BCUT2D eigenvalue weighted by Crippen LogP contribution is 2.23. The lowest BCUT2D eigenvalue weighted by Gasteiger charge is -2.23. The van der Waals surface area contributed by atoms with Gasteiger partial charge in [0.25, 0.3) is 0 Å². The van der Waals surface area contributed by atoms with E-state index in [0.717, 1.165) is 17.9 Å². The van der Waals surface area contributed by atoms with Gasteiger partial charge in [0, 0.05) is 18.7 Å². The van der Waals surface area contributed by atoms with Gasteiger partial charge >= 0.3 is 0 Å². The van der Waals surface area contributed by atoms with Gasteiger partial charge in [-0.15, -0.1) is 24.0 Å². The molecule has 0 aliphatic carbocycles. The Morgan fingerprint density at radius 3 is 2.32 bits per heavy atom. The second kappa shape index (κ2) is 11.9. The SMILES string of the molecule is CCNC(=O)CNC(=NCc1ccccc1OC(C)(C)C)NCC.I. The van der Waals surface area contributed by atoms with Crippen molar-refractivity contribution in [3.63, 3.8) is 0 Å². The van der Waals surface area contributed by atoms with Gasteiger partial charge < -0.3 is 20.7 Å². The van der Waals surface area contributed by atoms with Crippen LogP contribution in [0.15, 0.2) is 29.3 Å². The van der Waals surface area contributed by atoms with E-state index in [-0.39, 0.29) is 42.0 Å². The molecular formula is C18H31IN4O2. The summed E-state index contributed by atoms with van der Waals surface area (Å²) in [7, 11) is 0. The highest BCUT2D eigenvalue weighted by molar-refractivity contribution is 14.0. The Balaban J connectivity index is 0.00000576. The van der Waals surface area contributed by atoms with Crippen LogP contribution in [0.5, 0.6) is 5.75 Å². The van der Waals surface area contributed by atoms with Gasteiger partial charge in [-0.3, -0.25) is 4.79 Å². The second-order valence-electron chi connectivity index (χ2n) is 6.32. The maximum absolute atomic E-state index is 11.6. The number of nitrogens with one attached hydrogen (secondary N) is 3. The van der Waals surface area contributed by atoms with Gasteiger partial charge in [-0.25, -0.2) is 4.99 Å². The topological polar surface area (TPSA) is 74.8 Å². The van der Waals surface area contributed by atoms with Crippen molar-refractivity contribution in [2.24, 2.45) is 4.99 Å². The molecule has 0 saturated carbocycles. The number of guanidine groups is 1. The van der Waals surface area contributed by atoms with Crippen molar-refractivity contribution in [3.8, 4) is 5.75 Å². The van der Waals surface area contributed by atoms with Gasteiger partial charge in [-0.05, 0) is 40.7 Å². The number of nitrogens with zero attached hydrogens (tertiary/aromatic N) is 1. The minimum absolute atomic E-state index is 0. The molecule has 0 spiro atoms. The molecule has 7 heteroatoms. The first-order chi connectivity index (χ1) is 11.4. The number of amides is 1.